The van der Waals surface area contributed by atoms with E-state index in [-0.39, 0.29) is 0 Å². The lowest BCUT2D eigenvalue weighted by Gasteiger charge is -2.41. The Bertz CT molecular complexity index is 408. The van der Waals surface area contributed by atoms with Crippen LogP contribution in [0.25, 0.3) is 0 Å². The van der Waals surface area contributed by atoms with E-state index >= 15 is 0 Å². The minimum atomic E-state index is 0.540. The van der Waals surface area contributed by atoms with Crippen LogP contribution in [0.3, 0.4) is 0 Å². The molecular formula is C17H28N4. The first-order valence-corrected chi connectivity index (χ1v) is 8.23. The lowest BCUT2D eigenvalue weighted by molar-refractivity contribution is 0.0816. The molecule has 1 unspecified atom stereocenters. The van der Waals surface area contributed by atoms with Crippen LogP contribution in [-0.2, 0) is 0 Å². The van der Waals surface area contributed by atoms with E-state index < -0.39 is 0 Å². The third kappa shape index (κ3) is 4.04. The second kappa shape index (κ2) is 7.36. The van der Waals surface area contributed by atoms with Gasteiger partial charge in [0.1, 0.15) is 0 Å². The van der Waals surface area contributed by atoms with Crippen molar-refractivity contribution in [2.75, 3.05) is 66.0 Å². The van der Waals surface area contributed by atoms with Crippen molar-refractivity contribution >= 4 is 0 Å². The van der Waals surface area contributed by atoms with Gasteiger partial charge in [-0.15, -0.1) is 0 Å². The monoisotopic (exact) mass is 288 g/mol. The van der Waals surface area contributed by atoms with Gasteiger partial charge in [-0.3, -0.25) is 9.80 Å². The number of rotatable bonds is 4. The molecule has 4 nitrogen and oxygen atoms in total. The molecule has 0 spiro atoms. The Balaban J connectivity index is 1.71. The van der Waals surface area contributed by atoms with Crippen LogP contribution in [0.4, 0.5) is 0 Å². The normalized spacial score (nSPS) is 24.0. The van der Waals surface area contributed by atoms with Gasteiger partial charge in [-0.1, -0.05) is 30.3 Å². The number of piperazine rings is 2. The molecule has 2 saturated heterocycles. The molecule has 1 N–H and O–H groups in total. The molecule has 0 aliphatic carbocycles. The molecule has 2 heterocycles. The molecule has 0 saturated carbocycles. The highest BCUT2D eigenvalue weighted by atomic mass is 15.3. The fourth-order valence-corrected chi connectivity index (χ4v) is 3.38. The molecular weight excluding hydrogens is 260 g/mol. The van der Waals surface area contributed by atoms with Crippen molar-refractivity contribution in [1.82, 2.24) is 20.0 Å². The number of hydrogen-bond acceptors (Lipinski definition) is 4. The largest absolute Gasteiger partial charge is 0.314 e. The van der Waals surface area contributed by atoms with Crippen molar-refractivity contribution in [3.63, 3.8) is 0 Å². The summed E-state index contributed by atoms with van der Waals surface area (Å²) in [6.45, 7) is 10.5. The minimum Gasteiger partial charge on any atom is -0.314 e. The van der Waals surface area contributed by atoms with Crippen LogP contribution < -0.4 is 5.32 Å². The molecule has 2 aliphatic rings. The Kier molecular flexibility index (Phi) is 5.25. The van der Waals surface area contributed by atoms with Gasteiger partial charge in [0, 0.05) is 64.9 Å². The Hall–Kier alpha value is -0.940. The zero-order chi connectivity index (χ0) is 14.5. The fraction of sp³-hybridized carbons (Fsp3) is 0.647. The average molecular weight is 288 g/mol. The van der Waals surface area contributed by atoms with Crippen LogP contribution in [0.15, 0.2) is 30.3 Å². The van der Waals surface area contributed by atoms with Crippen molar-refractivity contribution in [3.8, 4) is 0 Å². The summed E-state index contributed by atoms with van der Waals surface area (Å²) >= 11 is 0. The lowest BCUT2D eigenvalue weighted by Crippen LogP contribution is -2.51. The van der Waals surface area contributed by atoms with Gasteiger partial charge in [-0.2, -0.15) is 0 Å². The van der Waals surface area contributed by atoms with Crippen LogP contribution in [-0.4, -0.2) is 80.7 Å². The smallest absolute Gasteiger partial charge is 0.0476 e. The molecule has 1 aromatic rings. The third-order valence-corrected chi connectivity index (χ3v) is 4.80. The fourth-order valence-electron chi connectivity index (χ4n) is 3.38. The summed E-state index contributed by atoms with van der Waals surface area (Å²) in [7, 11) is 2.23. The summed E-state index contributed by atoms with van der Waals surface area (Å²) in [6, 6.07) is 11.6. The van der Waals surface area contributed by atoms with E-state index in [4.69, 9.17) is 0 Å². The molecule has 2 fully saturated rings. The highest BCUT2D eigenvalue weighted by Gasteiger charge is 2.26. The van der Waals surface area contributed by atoms with E-state index in [1.165, 1.54) is 44.8 Å². The van der Waals surface area contributed by atoms with E-state index in [1.807, 2.05) is 0 Å². The Labute approximate surface area is 128 Å². The zero-order valence-electron chi connectivity index (χ0n) is 13.2. The minimum absolute atomic E-state index is 0.540. The molecule has 0 bridgehead atoms. The van der Waals surface area contributed by atoms with E-state index in [9.17, 15) is 0 Å². The molecule has 0 aromatic heterocycles. The molecule has 4 heteroatoms. The number of likely N-dealkylation sites (N-methyl/N-ethyl adjacent to an activating group) is 1. The van der Waals surface area contributed by atoms with Gasteiger partial charge >= 0.3 is 0 Å². The topological polar surface area (TPSA) is 21.8 Å². The maximum atomic E-state index is 3.45. The van der Waals surface area contributed by atoms with E-state index in [2.05, 4.69) is 57.4 Å². The van der Waals surface area contributed by atoms with Crippen LogP contribution in [0.2, 0.25) is 0 Å². The van der Waals surface area contributed by atoms with Gasteiger partial charge in [-0.25, -0.2) is 0 Å². The van der Waals surface area contributed by atoms with Crippen molar-refractivity contribution in [3.05, 3.63) is 35.9 Å². The third-order valence-electron chi connectivity index (χ3n) is 4.80. The highest BCUT2D eigenvalue weighted by molar-refractivity contribution is 5.19. The average Bonchev–Trinajstić information content (AvgIpc) is 2.55. The zero-order valence-corrected chi connectivity index (χ0v) is 13.2. The Morgan fingerprint density at radius 2 is 1.62 bits per heavy atom. The number of nitrogens with zero attached hydrogens (tertiary/aromatic N) is 3. The van der Waals surface area contributed by atoms with Crippen molar-refractivity contribution in [1.29, 1.82) is 0 Å². The number of nitrogens with one attached hydrogen (secondary N) is 1. The summed E-state index contributed by atoms with van der Waals surface area (Å²) in [4.78, 5) is 7.73. The van der Waals surface area contributed by atoms with Gasteiger partial charge in [-0.05, 0) is 12.6 Å². The van der Waals surface area contributed by atoms with Gasteiger partial charge in [0.15, 0.2) is 0 Å². The quantitative estimate of drug-likeness (QED) is 0.888. The molecule has 116 valence electrons. The molecule has 2 aliphatic heterocycles. The van der Waals surface area contributed by atoms with Crippen LogP contribution >= 0.6 is 0 Å². The van der Waals surface area contributed by atoms with Gasteiger partial charge in [0.25, 0.3) is 0 Å². The molecule has 1 aromatic carbocycles. The predicted octanol–water partition coefficient (Wildman–Crippen LogP) is 0.880. The number of hydrogen-bond donors (Lipinski definition) is 1. The molecule has 21 heavy (non-hydrogen) atoms. The molecule has 0 radical (unpaired) electrons. The van der Waals surface area contributed by atoms with Crippen LogP contribution in [0.1, 0.15) is 11.6 Å². The lowest BCUT2D eigenvalue weighted by atomic mass is 10.0. The second-order valence-corrected chi connectivity index (χ2v) is 6.32. The van der Waals surface area contributed by atoms with Crippen molar-refractivity contribution in [2.24, 2.45) is 0 Å². The van der Waals surface area contributed by atoms with Gasteiger partial charge < -0.3 is 10.2 Å². The standard InChI is InChI=1S/C17H28N4/c1-19-11-13-21(14-12-19)17(16-5-3-2-4-6-16)15-20-9-7-18-8-10-20/h2-6,17-18H,7-15H2,1H3. The van der Waals surface area contributed by atoms with E-state index in [0.717, 1.165) is 19.6 Å². The highest BCUT2D eigenvalue weighted by Crippen LogP contribution is 2.23. The second-order valence-electron chi connectivity index (χ2n) is 6.32. The number of benzene rings is 1. The first-order chi connectivity index (χ1) is 10.3. The molecule has 1 atom stereocenters. The summed E-state index contributed by atoms with van der Waals surface area (Å²) in [6.07, 6.45) is 0. The Morgan fingerprint density at radius 1 is 0.952 bits per heavy atom. The summed E-state index contributed by atoms with van der Waals surface area (Å²) in [5.41, 5.74) is 1.47. The summed E-state index contributed by atoms with van der Waals surface area (Å²) in [5.74, 6) is 0. The van der Waals surface area contributed by atoms with Gasteiger partial charge in [0.05, 0.1) is 0 Å². The predicted molar refractivity (Wildman–Crippen MR) is 87.6 cm³/mol. The molecule has 0 amide bonds. The van der Waals surface area contributed by atoms with Gasteiger partial charge in [0.2, 0.25) is 0 Å². The maximum Gasteiger partial charge on any atom is 0.0476 e. The first-order valence-electron chi connectivity index (χ1n) is 8.23. The van der Waals surface area contributed by atoms with Crippen LogP contribution in [0.5, 0.6) is 0 Å². The first kappa shape index (κ1) is 15.0. The van der Waals surface area contributed by atoms with E-state index in [1.54, 1.807) is 0 Å². The SMILES string of the molecule is CN1CCN(C(CN2CCNCC2)c2ccccc2)CC1. The van der Waals surface area contributed by atoms with Crippen LogP contribution in [0, 0.1) is 0 Å². The maximum absolute atomic E-state index is 3.45. The van der Waals surface area contributed by atoms with Crippen molar-refractivity contribution in [2.45, 2.75) is 6.04 Å². The Morgan fingerprint density at radius 3 is 2.29 bits per heavy atom. The van der Waals surface area contributed by atoms with Crippen molar-refractivity contribution < 1.29 is 0 Å². The summed E-state index contributed by atoms with van der Waals surface area (Å²) < 4.78 is 0. The summed E-state index contributed by atoms with van der Waals surface area (Å²) in [5, 5.41) is 3.45. The molecule has 3 rings (SSSR count). The van der Waals surface area contributed by atoms with E-state index in [0.29, 0.717) is 6.04 Å².